The van der Waals surface area contributed by atoms with Crippen LogP contribution in [-0.2, 0) is 0 Å². The van der Waals surface area contributed by atoms with Crippen LogP contribution in [0.15, 0.2) is 0 Å². The van der Waals surface area contributed by atoms with E-state index in [0.29, 0.717) is 11.2 Å². The van der Waals surface area contributed by atoms with Gasteiger partial charge in [-0.1, -0.05) is 135 Å². The summed E-state index contributed by atoms with van der Waals surface area (Å²) in [7, 11) is 3.64. The number of unbranched alkanes of at least 4 members (excludes halogenated alkanes) is 6. The van der Waals surface area contributed by atoms with Gasteiger partial charge in [-0.2, -0.15) is 0 Å². The predicted molar refractivity (Wildman–Crippen MR) is 115 cm³/mol. The molecule has 0 aliphatic rings. The van der Waals surface area contributed by atoms with Gasteiger partial charge >= 0.3 is 0 Å². The van der Waals surface area contributed by atoms with E-state index in [4.69, 9.17) is 34.8 Å². The Balaban J connectivity index is 4.68. The fraction of sp³-hybridized carbons (Fsp3) is 1.00. The van der Waals surface area contributed by atoms with E-state index in [-0.39, 0.29) is 5.25 Å². The first-order valence-corrected chi connectivity index (χ1v) is 12.6. The van der Waals surface area contributed by atoms with Crippen molar-refractivity contribution in [3.63, 3.8) is 0 Å². The van der Waals surface area contributed by atoms with E-state index in [1.807, 2.05) is 10.8 Å². The van der Waals surface area contributed by atoms with Crippen LogP contribution in [-0.4, -0.2) is 14.3 Å². The molecule has 23 heavy (non-hydrogen) atoms. The summed E-state index contributed by atoms with van der Waals surface area (Å²) < 4.78 is -1.17. The Kier molecular flexibility index (Phi) is 15.7. The van der Waals surface area contributed by atoms with E-state index in [2.05, 4.69) is 27.7 Å². The molecule has 0 aromatic heterocycles. The van der Waals surface area contributed by atoms with Gasteiger partial charge in [-0.15, -0.1) is 0 Å². The molecule has 0 saturated heterocycles. The van der Waals surface area contributed by atoms with Crippen molar-refractivity contribution >= 4 is 56.4 Å². The van der Waals surface area contributed by atoms with Crippen LogP contribution in [0.4, 0.5) is 0 Å². The lowest BCUT2D eigenvalue weighted by Gasteiger charge is -2.32. The van der Waals surface area contributed by atoms with Gasteiger partial charge in [0.1, 0.15) is 0 Å². The van der Waals surface area contributed by atoms with Crippen molar-refractivity contribution in [2.24, 2.45) is 5.92 Å². The van der Waals surface area contributed by atoms with Crippen LogP contribution in [0.1, 0.15) is 91.9 Å². The molecule has 0 heterocycles. The summed E-state index contributed by atoms with van der Waals surface area (Å²) in [6, 6.07) is 0. The molecule has 0 N–H and O–H groups in total. The Morgan fingerprint density at radius 2 is 1.22 bits per heavy atom. The van der Waals surface area contributed by atoms with Crippen LogP contribution in [0.25, 0.3) is 0 Å². The number of hydrogen-bond donors (Lipinski definition) is 0. The Morgan fingerprint density at radius 3 is 1.57 bits per heavy atom. The van der Waals surface area contributed by atoms with Crippen molar-refractivity contribution < 1.29 is 0 Å². The lowest BCUT2D eigenvalue weighted by atomic mass is 9.92. The van der Waals surface area contributed by atoms with Gasteiger partial charge in [-0.3, -0.25) is 0 Å². The van der Waals surface area contributed by atoms with Crippen molar-refractivity contribution in [2.75, 3.05) is 0 Å². The molecular weight excluding hydrogens is 387 g/mol. The zero-order chi connectivity index (χ0) is 17.7. The minimum atomic E-state index is -1.17. The second-order valence-electron chi connectivity index (χ2n) is 6.66. The Bertz CT molecular complexity index is 255. The van der Waals surface area contributed by atoms with Crippen molar-refractivity contribution in [2.45, 2.75) is 106 Å². The Labute approximate surface area is 167 Å². The zero-order valence-electron chi connectivity index (χ0n) is 15.3. The fourth-order valence-corrected chi connectivity index (χ4v) is 6.91. The number of alkyl halides is 3. The third-order valence-corrected chi connectivity index (χ3v) is 8.60. The molecule has 0 aromatic rings. The summed E-state index contributed by atoms with van der Waals surface area (Å²) in [5.41, 5.74) is 0. The molecule has 0 amide bonds. The van der Waals surface area contributed by atoms with Crippen molar-refractivity contribution in [3.8, 4) is 0 Å². The maximum absolute atomic E-state index is 6.35. The van der Waals surface area contributed by atoms with Crippen LogP contribution in [0, 0.1) is 5.92 Å². The molecule has 0 aliphatic heterocycles. The first-order valence-electron chi connectivity index (χ1n) is 9.21. The van der Waals surface area contributed by atoms with Crippen LogP contribution < -0.4 is 0 Å². The molecule has 0 spiro atoms. The molecule has 0 unspecified atom stereocenters. The third kappa shape index (κ3) is 13.4. The van der Waals surface area contributed by atoms with Crippen LogP contribution >= 0.6 is 56.4 Å². The molecule has 5 heteroatoms. The average Bonchev–Trinajstić information content (AvgIpc) is 2.45. The van der Waals surface area contributed by atoms with Crippen molar-refractivity contribution in [1.82, 2.24) is 0 Å². The molecule has 0 bridgehead atoms. The zero-order valence-corrected chi connectivity index (χ0v) is 19.2. The highest BCUT2D eigenvalue weighted by molar-refractivity contribution is 8.77. The van der Waals surface area contributed by atoms with Gasteiger partial charge in [0.15, 0.2) is 0 Å². The van der Waals surface area contributed by atoms with E-state index in [9.17, 15) is 0 Å². The molecule has 0 aliphatic carbocycles. The topological polar surface area (TPSA) is 0 Å². The summed E-state index contributed by atoms with van der Waals surface area (Å²) in [5, 5.41) is 0.638. The summed E-state index contributed by atoms with van der Waals surface area (Å²) in [6.07, 6.45) is 12.7. The van der Waals surface area contributed by atoms with Gasteiger partial charge < -0.3 is 0 Å². The highest BCUT2D eigenvalue weighted by Gasteiger charge is 2.39. The summed E-state index contributed by atoms with van der Waals surface area (Å²) in [4.78, 5) is 0. The minimum Gasteiger partial charge on any atom is -0.0909 e. The van der Waals surface area contributed by atoms with Gasteiger partial charge in [0.2, 0.25) is 3.79 Å². The summed E-state index contributed by atoms with van der Waals surface area (Å²) in [5.74, 6) is 0.507. The lowest BCUT2D eigenvalue weighted by molar-refractivity contribution is 0.396. The summed E-state index contributed by atoms with van der Waals surface area (Å²) >= 11 is 19.1. The third-order valence-electron chi connectivity index (χ3n) is 3.96. The first kappa shape index (κ1) is 24.6. The SMILES string of the molecule is CCCCCCC(CCCCCC)[C@@H](SSC(C)C)C(Cl)(Cl)Cl. The molecule has 1 atom stereocenters. The van der Waals surface area contributed by atoms with Crippen molar-refractivity contribution in [3.05, 3.63) is 0 Å². The molecular formula is C18H35Cl3S2. The van der Waals surface area contributed by atoms with Gasteiger partial charge in [-0.05, 0) is 18.8 Å². The molecule has 0 saturated carbocycles. The first-order chi connectivity index (χ1) is 10.8. The van der Waals surface area contributed by atoms with Gasteiger partial charge in [-0.25, -0.2) is 0 Å². The highest BCUT2D eigenvalue weighted by atomic mass is 35.6. The fourth-order valence-electron chi connectivity index (χ4n) is 2.69. The summed E-state index contributed by atoms with van der Waals surface area (Å²) in [6.45, 7) is 8.90. The monoisotopic (exact) mass is 420 g/mol. The van der Waals surface area contributed by atoms with Gasteiger partial charge in [0.05, 0.1) is 5.25 Å². The largest absolute Gasteiger partial charge is 0.203 e. The van der Waals surface area contributed by atoms with E-state index in [1.54, 1.807) is 10.8 Å². The van der Waals surface area contributed by atoms with E-state index in [0.717, 1.165) is 0 Å². The Hall–Kier alpha value is 1.57. The van der Waals surface area contributed by atoms with Crippen molar-refractivity contribution in [1.29, 1.82) is 0 Å². The average molecular weight is 422 g/mol. The van der Waals surface area contributed by atoms with Crippen LogP contribution in [0.5, 0.6) is 0 Å². The second-order valence-corrected chi connectivity index (χ2v) is 12.0. The normalized spacial score (nSPS) is 14.0. The van der Waals surface area contributed by atoms with E-state index in [1.165, 1.54) is 64.2 Å². The number of rotatable bonds is 14. The maximum Gasteiger partial charge on any atom is 0.203 e. The van der Waals surface area contributed by atoms with Crippen LogP contribution in [0.2, 0.25) is 0 Å². The quantitative estimate of drug-likeness (QED) is 0.156. The molecule has 0 fully saturated rings. The minimum absolute atomic E-state index is 0.0863. The van der Waals surface area contributed by atoms with Gasteiger partial charge in [0, 0.05) is 5.25 Å². The lowest BCUT2D eigenvalue weighted by Crippen LogP contribution is -2.30. The maximum atomic E-state index is 6.35. The molecule has 0 rings (SSSR count). The smallest absolute Gasteiger partial charge is 0.0909 e. The Morgan fingerprint density at radius 1 is 0.739 bits per heavy atom. The predicted octanol–water partition coefficient (Wildman–Crippen LogP) is 9.07. The standard InChI is InChI=1S/C18H35Cl3S2/c1-5-7-9-11-13-16(14-12-10-8-6-2)17(18(19,20)21)23-22-15(3)4/h15-17H,5-14H2,1-4H3/t17-/m1/s1. The number of hydrogen-bond acceptors (Lipinski definition) is 2. The molecule has 140 valence electrons. The highest BCUT2D eigenvalue weighted by Crippen LogP contribution is 2.49. The van der Waals surface area contributed by atoms with Gasteiger partial charge in [0.25, 0.3) is 0 Å². The molecule has 0 aromatic carbocycles. The molecule has 0 radical (unpaired) electrons. The van der Waals surface area contributed by atoms with E-state index >= 15 is 0 Å². The molecule has 0 nitrogen and oxygen atoms in total. The second kappa shape index (κ2) is 14.7. The number of halogens is 3. The van der Waals surface area contributed by atoms with E-state index < -0.39 is 3.79 Å². The van der Waals surface area contributed by atoms with Crippen LogP contribution in [0.3, 0.4) is 0 Å².